The lowest BCUT2D eigenvalue weighted by Crippen LogP contribution is -2.46. The highest BCUT2D eigenvalue weighted by atomic mass is 16.5. The van der Waals surface area contributed by atoms with Gasteiger partial charge >= 0.3 is 0 Å². The lowest BCUT2D eigenvalue weighted by atomic mass is 10.1. The fourth-order valence-corrected chi connectivity index (χ4v) is 3.98. The smallest absolute Gasteiger partial charge is 0.132 e. The predicted molar refractivity (Wildman–Crippen MR) is 114 cm³/mol. The number of ether oxygens (including phenoxy) is 1. The largest absolute Gasteiger partial charge is 0.488 e. The van der Waals surface area contributed by atoms with E-state index in [4.69, 9.17) is 4.74 Å². The molecular formula is C22H28N6O. The second kappa shape index (κ2) is 7.30. The van der Waals surface area contributed by atoms with Crippen LogP contribution in [0.5, 0.6) is 5.75 Å². The summed E-state index contributed by atoms with van der Waals surface area (Å²) in [5, 5.41) is 8.70. The zero-order valence-electron chi connectivity index (χ0n) is 17.2. The Hall–Kier alpha value is -2.67. The molecule has 2 aromatic heterocycles. The van der Waals surface area contributed by atoms with E-state index >= 15 is 0 Å². The summed E-state index contributed by atoms with van der Waals surface area (Å²) >= 11 is 0. The van der Waals surface area contributed by atoms with Gasteiger partial charge < -0.3 is 9.64 Å². The van der Waals surface area contributed by atoms with E-state index in [-0.39, 0.29) is 5.60 Å². The number of piperazine rings is 1. The monoisotopic (exact) mass is 392 g/mol. The normalized spacial score (nSPS) is 18.9. The highest BCUT2D eigenvalue weighted by Gasteiger charge is 2.40. The Morgan fingerprint density at radius 3 is 2.69 bits per heavy atom. The molecule has 2 fully saturated rings. The first-order valence-corrected chi connectivity index (χ1v) is 10.6. The summed E-state index contributed by atoms with van der Waals surface area (Å²) in [7, 11) is 0. The number of aromatic nitrogens is 4. The molecule has 3 heterocycles. The SMILES string of the molecule is CCCN1CCN(c2cc(-c3n[nH]c4ccc(OC5(C)CC5)cc34)ncn2)CC1. The van der Waals surface area contributed by atoms with Crippen molar-refractivity contribution in [3.8, 4) is 17.1 Å². The van der Waals surface area contributed by atoms with Crippen molar-refractivity contribution in [1.29, 1.82) is 0 Å². The van der Waals surface area contributed by atoms with Gasteiger partial charge in [-0.05, 0) is 50.9 Å². The highest BCUT2D eigenvalue weighted by molar-refractivity contribution is 5.93. The minimum atomic E-state index is -0.000413. The van der Waals surface area contributed by atoms with Gasteiger partial charge in [-0.3, -0.25) is 10.00 Å². The first kappa shape index (κ1) is 18.4. The van der Waals surface area contributed by atoms with Crippen molar-refractivity contribution in [2.75, 3.05) is 37.6 Å². The molecule has 29 heavy (non-hydrogen) atoms. The van der Waals surface area contributed by atoms with Crippen molar-refractivity contribution in [3.05, 3.63) is 30.6 Å². The van der Waals surface area contributed by atoms with Crippen LogP contribution in [0.15, 0.2) is 30.6 Å². The van der Waals surface area contributed by atoms with Gasteiger partial charge in [-0.15, -0.1) is 0 Å². The predicted octanol–water partition coefficient (Wildman–Crippen LogP) is 3.48. The zero-order chi connectivity index (χ0) is 19.8. The molecule has 1 saturated heterocycles. The molecule has 7 nitrogen and oxygen atoms in total. The van der Waals surface area contributed by atoms with Crippen LogP contribution in [0, 0.1) is 0 Å². The van der Waals surface area contributed by atoms with Crippen molar-refractivity contribution in [1.82, 2.24) is 25.1 Å². The lowest BCUT2D eigenvalue weighted by molar-refractivity contribution is 0.200. The summed E-state index contributed by atoms with van der Waals surface area (Å²) in [6, 6.07) is 8.17. The maximum atomic E-state index is 6.14. The molecule has 0 amide bonds. The Balaban J connectivity index is 1.40. The second-order valence-electron chi connectivity index (χ2n) is 8.42. The Morgan fingerprint density at radius 1 is 1.10 bits per heavy atom. The summed E-state index contributed by atoms with van der Waals surface area (Å²) in [5.41, 5.74) is 2.67. The summed E-state index contributed by atoms with van der Waals surface area (Å²) in [5.74, 6) is 1.86. The molecule has 2 aliphatic rings. The third kappa shape index (κ3) is 3.79. The van der Waals surface area contributed by atoms with E-state index in [1.807, 2.05) is 12.1 Å². The fourth-order valence-electron chi connectivity index (χ4n) is 3.98. The minimum Gasteiger partial charge on any atom is -0.488 e. The van der Waals surface area contributed by atoms with E-state index in [0.29, 0.717) is 0 Å². The van der Waals surface area contributed by atoms with Gasteiger partial charge in [-0.1, -0.05) is 6.92 Å². The van der Waals surface area contributed by atoms with Crippen LogP contribution in [0.25, 0.3) is 22.3 Å². The number of benzene rings is 1. The molecule has 0 unspecified atom stereocenters. The number of anilines is 1. The van der Waals surface area contributed by atoms with Crippen molar-refractivity contribution in [2.45, 2.75) is 38.7 Å². The number of rotatable bonds is 6. The summed E-state index contributed by atoms with van der Waals surface area (Å²) < 4.78 is 6.14. The Labute approximate surface area is 171 Å². The number of nitrogens with zero attached hydrogens (tertiary/aromatic N) is 5. The van der Waals surface area contributed by atoms with Gasteiger partial charge in [-0.25, -0.2) is 9.97 Å². The maximum absolute atomic E-state index is 6.14. The second-order valence-corrected chi connectivity index (χ2v) is 8.42. The van der Waals surface area contributed by atoms with Crippen LogP contribution in [-0.2, 0) is 0 Å². The highest BCUT2D eigenvalue weighted by Crippen LogP contribution is 2.40. The van der Waals surface area contributed by atoms with E-state index in [1.54, 1.807) is 6.33 Å². The molecule has 1 aliphatic carbocycles. The van der Waals surface area contributed by atoms with Crippen molar-refractivity contribution < 1.29 is 4.74 Å². The number of aromatic amines is 1. The molecule has 0 spiro atoms. The van der Waals surface area contributed by atoms with Gasteiger partial charge in [0.1, 0.15) is 29.2 Å². The molecule has 1 saturated carbocycles. The first-order chi connectivity index (χ1) is 14.1. The maximum Gasteiger partial charge on any atom is 0.132 e. The number of nitrogens with one attached hydrogen (secondary N) is 1. The molecular weight excluding hydrogens is 364 g/mol. The summed E-state index contributed by atoms with van der Waals surface area (Å²) in [4.78, 5) is 13.9. The molecule has 7 heteroatoms. The van der Waals surface area contributed by atoms with Gasteiger partial charge in [0.25, 0.3) is 0 Å². The Bertz CT molecular complexity index is 1000. The molecule has 0 radical (unpaired) electrons. The van der Waals surface area contributed by atoms with Crippen LogP contribution in [0.4, 0.5) is 5.82 Å². The quantitative estimate of drug-likeness (QED) is 0.693. The standard InChI is InChI=1S/C22H28N6O/c1-3-8-27-9-11-28(12-10-27)20-14-19(23-15-24-20)21-17-13-16(29-22(2)6-7-22)4-5-18(17)25-26-21/h4-5,13-15H,3,6-12H2,1-2H3,(H,25,26). The topological polar surface area (TPSA) is 70.2 Å². The fraction of sp³-hybridized carbons (Fsp3) is 0.500. The van der Waals surface area contributed by atoms with Gasteiger partial charge in [0, 0.05) is 37.6 Å². The van der Waals surface area contributed by atoms with Crippen molar-refractivity contribution in [2.24, 2.45) is 0 Å². The van der Waals surface area contributed by atoms with Crippen LogP contribution < -0.4 is 9.64 Å². The average molecular weight is 393 g/mol. The summed E-state index contributed by atoms with van der Waals surface area (Å²) in [6.45, 7) is 9.72. The van der Waals surface area contributed by atoms with Crippen LogP contribution in [0.3, 0.4) is 0 Å². The molecule has 1 aliphatic heterocycles. The molecule has 0 atom stereocenters. The van der Waals surface area contributed by atoms with Crippen LogP contribution in [0.2, 0.25) is 0 Å². The Morgan fingerprint density at radius 2 is 1.93 bits per heavy atom. The number of H-pyrrole nitrogens is 1. The average Bonchev–Trinajstić information content (AvgIpc) is 3.31. The first-order valence-electron chi connectivity index (χ1n) is 10.6. The van der Waals surface area contributed by atoms with Gasteiger partial charge in [0.2, 0.25) is 0 Å². The van der Waals surface area contributed by atoms with Crippen LogP contribution >= 0.6 is 0 Å². The van der Waals surface area contributed by atoms with E-state index < -0.39 is 0 Å². The zero-order valence-corrected chi connectivity index (χ0v) is 17.2. The number of hydrogen-bond donors (Lipinski definition) is 1. The molecule has 0 bridgehead atoms. The molecule has 5 rings (SSSR count). The van der Waals surface area contributed by atoms with Gasteiger partial charge in [0.05, 0.1) is 11.2 Å². The lowest BCUT2D eigenvalue weighted by Gasteiger charge is -2.35. The van der Waals surface area contributed by atoms with E-state index in [0.717, 1.165) is 72.9 Å². The van der Waals surface area contributed by atoms with E-state index in [9.17, 15) is 0 Å². The van der Waals surface area contributed by atoms with Gasteiger partial charge in [-0.2, -0.15) is 5.10 Å². The third-order valence-electron chi connectivity index (χ3n) is 5.98. The van der Waals surface area contributed by atoms with E-state index in [1.165, 1.54) is 13.0 Å². The molecule has 3 aromatic rings. The van der Waals surface area contributed by atoms with Crippen molar-refractivity contribution >= 4 is 16.7 Å². The summed E-state index contributed by atoms with van der Waals surface area (Å²) in [6.07, 6.45) is 5.08. The number of fused-ring (bicyclic) bond motifs is 1. The number of hydrogen-bond acceptors (Lipinski definition) is 6. The molecule has 1 aromatic carbocycles. The van der Waals surface area contributed by atoms with Crippen LogP contribution in [-0.4, -0.2) is 63.4 Å². The molecule has 1 N–H and O–H groups in total. The Kier molecular flexibility index (Phi) is 4.62. The van der Waals surface area contributed by atoms with Gasteiger partial charge in [0.15, 0.2) is 0 Å². The molecule has 152 valence electrons. The van der Waals surface area contributed by atoms with E-state index in [2.05, 4.69) is 55.9 Å². The third-order valence-corrected chi connectivity index (χ3v) is 5.98. The minimum absolute atomic E-state index is 0.000413. The van der Waals surface area contributed by atoms with Crippen molar-refractivity contribution in [3.63, 3.8) is 0 Å². The van der Waals surface area contributed by atoms with Crippen LogP contribution in [0.1, 0.15) is 33.1 Å².